The summed E-state index contributed by atoms with van der Waals surface area (Å²) < 4.78 is 5.80. The summed E-state index contributed by atoms with van der Waals surface area (Å²) in [6.07, 6.45) is 1.78. The van der Waals surface area contributed by atoms with Crippen LogP contribution in [0.15, 0.2) is 24.3 Å². The Bertz CT molecular complexity index is 384. The highest BCUT2D eigenvalue weighted by atomic mass is 16.5. The second-order valence-electron chi connectivity index (χ2n) is 5.57. The minimum absolute atomic E-state index is 0.341. The first-order valence-electron chi connectivity index (χ1n) is 7.28. The number of morpholine rings is 1. The van der Waals surface area contributed by atoms with Gasteiger partial charge < -0.3 is 10.1 Å². The zero-order valence-electron chi connectivity index (χ0n) is 12.4. The molecule has 0 radical (unpaired) electrons. The van der Waals surface area contributed by atoms with Gasteiger partial charge in [-0.15, -0.1) is 0 Å². The molecule has 1 fully saturated rings. The predicted octanol–water partition coefficient (Wildman–Crippen LogP) is 2.06. The molecule has 0 amide bonds. The first kappa shape index (κ1) is 14.5. The van der Waals surface area contributed by atoms with Crippen molar-refractivity contribution in [2.45, 2.75) is 39.0 Å². The third-order valence-electron chi connectivity index (χ3n) is 3.65. The van der Waals surface area contributed by atoms with E-state index >= 15 is 0 Å². The zero-order valence-corrected chi connectivity index (χ0v) is 12.4. The minimum Gasteiger partial charge on any atom is -0.373 e. The first-order valence-corrected chi connectivity index (χ1v) is 7.28. The molecular formula is C16H26N2O. The molecule has 1 aromatic rings. The lowest BCUT2D eigenvalue weighted by atomic mass is 10.0. The largest absolute Gasteiger partial charge is 0.373 e. The summed E-state index contributed by atoms with van der Waals surface area (Å²) in [6.45, 7) is 8.46. The van der Waals surface area contributed by atoms with Crippen LogP contribution in [0.3, 0.4) is 0 Å². The van der Waals surface area contributed by atoms with Crippen LogP contribution in [0.5, 0.6) is 0 Å². The summed E-state index contributed by atoms with van der Waals surface area (Å²) in [4.78, 5) is 2.51. The Morgan fingerprint density at radius 1 is 1.16 bits per heavy atom. The topological polar surface area (TPSA) is 24.5 Å². The van der Waals surface area contributed by atoms with Crippen LogP contribution in [0, 0.1) is 0 Å². The van der Waals surface area contributed by atoms with Gasteiger partial charge in [0.2, 0.25) is 0 Å². The van der Waals surface area contributed by atoms with E-state index in [2.05, 4.69) is 48.3 Å². The molecule has 3 nitrogen and oxygen atoms in total. The molecule has 0 spiro atoms. The van der Waals surface area contributed by atoms with E-state index in [0.717, 1.165) is 32.6 Å². The molecule has 0 saturated carbocycles. The SMILES string of the molecule is CNCCc1ccccc1CN1C[C@@H](C)O[C@@H](C)C1. The molecule has 3 heteroatoms. The molecule has 1 heterocycles. The van der Waals surface area contributed by atoms with Crippen LogP contribution in [-0.4, -0.2) is 43.8 Å². The summed E-state index contributed by atoms with van der Waals surface area (Å²) in [5, 5.41) is 3.23. The van der Waals surface area contributed by atoms with Crippen LogP contribution in [0.1, 0.15) is 25.0 Å². The molecule has 2 rings (SSSR count). The fourth-order valence-corrected chi connectivity index (χ4v) is 2.87. The Morgan fingerprint density at radius 3 is 2.42 bits per heavy atom. The van der Waals surface area contributed by atoms with E-state index in [4.69, 9.17) is 4.74 Å². The van der Waals surface area contributed by atoms with Crippen molar-refractivity contribution < 1.29 is 4.74 Å². The van der Waals surface area contributed by atoms with E-state index in [1.54, 1.807) is 0 Å². The number of nitrogens with zero attached hydrogens (tertiary/aromatic N) is 1. The van der Waals surface area contributed by atoms with E-state index in [1.165, 1.54) is 11.1 Å². The first-order chi connectivity index (χ1) is 9.19. The fraction of sp³-hybridized carbons (Fsp3) is 0.625. The van der Waals surface area contributed by atoms with Crippen molar-refractivity contribution in [3.8, 4) is 0 Å². The quantitative estimate of drug-likeness (QED) is 0.879. The predicted molar refractivity (Wildman–Crippen MR) is 79.4 cm³/mol. The summed E-state index contributed by atoms with van der Waals surface area (Å²) in [6, 6.07) is 8.79. The average Bonchev–Trinajstić information content (AvgIpc) is 2.36. The standard InChI is InChI=1S/C16H26N2O/c1-13-10-18(11-14(2)19-13)12-16-7-5-4-6-15(16)8-9-17-3/h4-7,13-14,17H,8-12H2,1-3H3/t13-,14+. The van der Waals surface area contributed by atoms with E-state index in [1.807, 2.05) is 7.05 Å². The fourth-order valence-electron chi connectivity index (χ4n) is 2.87. The smallest absolute Gasteiger partial charge is 0.0678 e. The van der Waals surface area contributed by atoms with Gasteiger partial charge in [0.05, 0.1) is 12.2 Å². The van der Waals surface area contributed by atoms with Gasteiger partial charge in [-0.3, -0.25) is 4.90 Å². The van der Waals surface area contributed by atoms with Crippen molar-refractivity contribution in [3.63, 3.8) is 0 Å². The van der Waals surface area contributed by atoms with E-state index in [9.17, 15) is 0 Å². The van der Waals surface area contributed by atoms with Crippen LogP contribution < -0.4 is 5.32 Å². The minimum atomic E-state index is 0.341. The molecule has 0 aromatic heterocycles. The van der Waals surface area contributed by atoms with Gasteiger partial charge in [-0.05, 0) is 45.0 Å². The average molecular weight is 262 g/mol. The molecule has 19 heavy (non-hydrogen) atoms. The third kappa shape index (κ3) is 4.30. The maximum absolute atomic E-state index is 5.80. The Balaban J connectivity index is 2.01. The van der Waals surface area contributed by atoms with Crippen LogP contribution in [-0.2, 0) is 17.7 Å². The number of rotatable bonds is 5. The van der Waals surface area contributed by atoms with Gasteiger partial charge in [0.15, 0.2) is 0 Å². The molecule has 0 unspecified atom stereocenters. The second-order valence-corrected chi connectivity index (χ2v) is 5.57. The summed E-state index contributed by atoms with van der Waals surface area (Å²) in [5.41, 5.74) is 2.92. The van der Waals surface area contributed by atoms with Crippen molar-refractivity contribution >= 4 is 0 Å². The van der Waals surface area contributed by atoms with Gasteiger partial charge in [0.1, 0.15) is 0 Å². The van der Waals surface area contributed by atoms with E-state index in [-0.39, 0.29) is 0 Å². The zero-order chi connectivity index (χ0) is 13.7. The van der Waals surface area contributed by atoms with Crippen molar-refractivity contribution in [3.05, 3.63) is 35.4 Å². The van der Waals surface area contributed by atoms with Crippen molar-refractivity contribution in [1.29, 1.82) is 0 Å². The monoisotopic (exact) mass is 262 g/mol. The lowest BCUT2D eigenvalue weighted by Crippen LogP contribution is -2.44. The van der Waals surface area contributed by atoms with Crippen molar-refractivity contribution in [1.82, 2.24) is 10.2 Å². The van der Waals surface area contributed by atoms with Gasteiger partial charge in [0, 0.05) is 19.6 Å². The molecule has 1 saturated heterocycles. The summed E-state index contributed by atoms with van der Waals surface area (Å²) >= 11 is 0. The number of hydrogen-bond donors (Lipinski definition) is 1. The highest BCUT2D eigenvalue weighted by molar-refractivity contribution is 5.27. The molecule has 1 aromatic carbocycles. The molecule has 0 aliphatic carbocycles. The Morgan fingerprint density at radius 2 is 1.79 bits per heavy atom. The lowest BCUT2D eigenvalue weighted by molar-refractivity contribution is -0.0705. The number of benzene rings is 1. The Kier molecular flexibility index (Phi) is 5.37. The third-order valence-corrected chi connectivity index (χ3v) is 3.65. The Hall–Kier alpha value is -0.900. The van der Waals surface area contributed by atoms with Gasteiger partial charge in [-0.25, -0.2) is 0 Å². The van der Waals surface area contributed by atoms with Crippen molar-refractivity contribution in [2.24, 2.45) is 0 Å². The summed E-state index contributed by atoms with van der Waals surface area (Å²) in [5.74, 6) is 0. The molecule has 0 bridgehead atoms. The van der Waals surface area contributed by atoms with Crippen LogP contribution in [0.2, 0.25) is 0 Å². The van der Waals surface area contributed by atoms with Crippen LogP contribution in [0.25, 0.3) is 0 Å². The van der Waals surface area contributed by atoms with Gasteiger partial charge >= 0.3 is 0 Å². The van der Waals surface area contributed by atoms with Crippen molar-refractivity contribution in [2.75, 3.05) is 26.7 Å². The number of ether oxygens (including phenoxy) is 1. The molecule has 1 N–H and O–H groups in total. The second kappa shape index (κ2) is 7.04. The molecule has 2 atom stereocenters. The van der Waals surface area contributed by atoms with Crippen LogP contribution in [0.4, 0.5) is 0 Å². The number of likely N-dealkylation sites (N-methyl/N-ethyl adjacent to an activating group) is 1. The highest BCUT2D eigenvalue weighted by Crippen LogP contribution is 2.17. The maximum Gasteiger partial charge on any atom is 0.0678 e. The summed E-state index contributed by atoms with van der Waals surface area (Å²) in [7, 11) is 2.01. The maximum atomic E-state index is 5.80. The number of hydrogen-bond acceptors (Lipinski definition) is 3. The molecule has 1 aliphatic rings. The highest BCUT2D eigenvalue weighted by Gasteiger charge is 2.22. The normalized spacial score (nSPS) is 24.6. The van der Waals surface area contributed by atoms with Gasteiger partial charge in [-0.1, -0.05) is 24.3 Å². The van der Waals surface area contributed by atoms with E-state index < -0.39 is 0 Å². The number of nitrogens with one attached hydrogen (secondary N) is 1. The molecular weight excluding hydrogens is 236 g/mol. The van der Waals surface area contributed by atoms with Crippen LogP contribution >= 0.6 is 0 Å². The van der Waals surface area contributed by atoms with E-state index in [0.29, 0.717) is 12.2 Å². The van der Waals surface area contributed by atoms with Gasteiger partial charge in [0.25, 0.3) is 0 Å². The van der Waals surface area contributed by atoms with Gasteiger partial charge in [-0.2, -0.15) is 0 Å². The molecule has 106 valence electrons. The lowest BCUT2D eigenvalue weighted by Gasteiger charge is -2.35. The molecule has 1 aliphatic heterocycles. The Labute approximate surface area is 116 Å².